The van der Waals surface area contributed by atoms with Crippen LogP contribution in [-0.2, 0) is 16.0 Å². The molecule has 136 valence electrons. The molecule has 1 aromatic rings. The van der Waals surface area contributed by atoms with Gasteiger partial charge in [0.05, 0.1) is 39.9 Å². The molecule has 1 aromatic heterocycles. The Balaban J connectivity index is 2.36. The lowest BCUT2D eigenvalue weighted by atomic mass is 9.81. The minimum absolute atomic E-state index is 0.135. The van der Waals surface area contributed by atoms with Gasteiger partial charge in [0.1, 0.15) is 0 Å². The number of carbonyl (C=O) groups is 1. The maximum absolute atomic E-state index is 12.2. The number of anilines is 1. The molecule has 0 saturated carbocycles. The van der Waals surface area contributed by atoms with Gasteiger partial charge < -0.3 is 9.64 Å². The summed E-state index contributed by atoms with van der Waals surface area (Å²) >= 11 is 3.67. The lowest BCUT2D eigenvalue weighted by Gasteiger charge is -2.38. The molecule has 1 aliphatic heterocycles. The van der Waals surface area contributed by atoms with E-state index in [1.54, 1.807) is 0 Å². The highest BCUT2D eigenvalue weighted by molar-refractivity contribution is 9.10. The molecule has 0 aliphatic carbocycles. The molecule has 0 unspecified atom stereocenters. The number of aromatic nitrogens is 1. The van der Waals surface area contributed by atoms with Crippen molar-refractivity contribution in [2.45, 2.75) is 60.0 Å². The summed E-state index contributed by atoms with van der Waals surface area (Å²) in [6.07, 6.45) is 1.69. The van der Waals surface area contributed by atoms with Gasteiger partial charge >= 0.3 is 5.97 Å². The zero-order valence-corrected chi connectivity index (χ0v) is 17.2. The summed E-state index contributed by atoms with van der Waals surface area (Å²) in [5.41, 5.74) is 3.41. The van der Waals surface area contributed by atoms with Crippen LogP contribution in [0.3, 0.4) is 0 Å². The highest BCUT2D eigenvalue weighted by Gasteiger charge is 2.32. The van der Waals surface area contributed by atoms with Crippen LogP contribution in [0.2, 0.25) is 0 Å². The molecule has 0 radical (unpaired) electrons. The number of nitriles is 1. The van der Waals surface area contributed by atoms with Crippen molar-refractivity contribution in [2.75, 3.05) is 18.0 Å². The smallest absolute Gasteiger partial charge is 0.310 e. The third-order valence-corrected chi connectivity index (χ3v) is 5.67. The quantitative estimate of drug-likeness (QED) is 0.703. The lowest BCUT2D eigenvalue weighted by molar-refractivity contribution is -0.146. The molecule has 25 heavy (non-hydrogen) atoms. The second-order valence-electron chi connectivity index (χ2n) is 7.30. The van der Waals surface area contributed by atoms with Crippen LogP contribution in [0.5, 0.6) is 0 Å². The predicted octanol–water partition coefficient (Wildman–Crippen LogP) is 4.09. The van der Waals surface area contributed by atoms with Crippen LogP contribution in [-0.4, -0.2) is 30.1 Å². The Bertz CT molecular complexity index is 702. The van der Waals surface area contributed by atoms with Crippen molar-refractivity contribution >= 4 is 27.6 Å². The number of rotatable bonds is 4. The predicted molar refractivity (Wildman–Crippen MR) is 102 cm³/mol. The highest BCUT2D eigenvalue weighted by atomic mass is 79.9. The van der Waals surface area contributed by atoms with Gasteiger partial charge in [0.15, 0.2) is 0 Å². The third kappa shape index (κ3) is 4.52. The van der Waals surface area contributed by atoms with Gasteiger partial charge in [-0.05, 0) is 63.4 Å². The van der Waals surface area contributed by atoms with Gasteiger partial charge in [-0.15, -0.1) is 0 Å². The minimum atomic E-state index is -0.267. The normalized spacial score (nSPS) is 16.6. The first-order valence-corrected chi connectivity index (χ1v) is 9.47. The summed E-state index contributed by atoms with van der Waals surface area (Å²) in [5, 5.41) is 9.36. The number of ether oxygens (including phenoxy) is 1. The van der Waals surface area contributed by atoms with E-state index in [1.807, 2.05) is 34.6 Å². The lowest BCUT2D eigenvalue weighted by Crippen LogP contribution is -2.39. The average molecular weight is 408 g/mol. The number of hydrogen-bond donors (Lipinski definition) is 0. The SMILES string of the molecule is Cc1nc(C)c(CC(=O)OC(C)C)c(N2CCC(C)(C#N)CC2)c1Br. The van der Waals surface area contributed by atoms with E-state index < -0.39 is 0 Å². The fraction of sp³-hybridized carbons (Fsp3) is 0.632. The molecule has 2 heterocycles. The Labute approximate surface area is 158 Å². The molecule has 0 amide bonds. The molecule has 2 rings (SSSR count). The van der Waals surface area contributed by atoms with Gasteiger partial charge in [-0.3, -0.25) is 9.78 Å². The van der Waals surface area contributed by atoms with Crippen molar-refractivity contribution in [1.82, 2.24) is 4.98 Å². The molecule has 0 bridgehead atoms. The Morgan fingerprint density at radius 2 is 1.96 bits per heavy atom. The topological polar surface area (TPSA) is 66.2 Å². The second-order valence-corrected chi connectivity index (χ2v) is 8.09. The molecule has 6 heteroatoms. The molecule has 1 aliphatic rings. The molecule has 1 saturated heterocycles. The largest absolute Gasteiger partial charge is 0.463 e. The first-order valence-electron chi connectivity index (χ1n) is 8.68. The van der Waals surface area contributed by atoms with Crippen molar-refractivity contribution in [3.8, 4) is 6.07 Å². The first-order chi connectivity index (χ1) is 11.7. The van der Waals surface area contributed by atoms with Crippen molar-refractivity contribution in [1.29, 1.82) is 5.26 Å². The molecular weight excluding hydrogens is 382 g/mol. The molecule has 0 atom stereocenters. The van der Waals surface area contributed by atoms with E-state index in [0.717, 1.165) is 53.0 Å². The van der Waals surface area contributed by atoms with Gasteiger partial charge in [0.2, 0.25) is 0 Å². The average Bonchev–Trinajstić information content (AvgIpc) is 2.53. The summed E-state index contributed by atoms with van der Waals surface area (Å²) in [6, 6.07) is 2.43. The fourth-order valence-electron chi connectivity index (χ4n) is 3.17. The number of esters is 1. The summed E-state index contributed by atoms with van der Waals surface area (Å²) in [7, 11) is 0. The van der Waals surface area contributed by atoms with Crippen molar-refractivity contribution in [3.63, 3.8) is 0 Å². The number of nitrogens with zero attached hydrogens (tertiary/aromatic N) is 3. The summed E-state index contributed by atoms with van der Waals surface area (Å²) in [6.45, 7) is 11.2. The van der Waals surface area contributed by atoms with E-state index in [2.05, 4.69) is 31.9 Å². The Morgan fingerprint density at radius 3 is 2.48 bits per heavy atom. The number of pyridine rings is 1. The van der Waals surface area contributed by atoms with Crippen LogP contribution in [0.15, 0.2) is 4.47 Å². The van der Waals surface area contributed by atoms with Crippen molar-refractivity contribution < 1.29 is 9.53 Å². The molecule has 0 N–H and O–H groups in total. The maximum atomic E-state index is 12.2. The van der Waals surface area contributed by atoms with Gasteiger partial charge in [-0.25, -0.2) is 0 Å². The highest BCUT2D eigenvalue weighted by Crippen LogP contribution is 2.39. The zero-order valence-electron chi connectivity index (χ0n) is 15.6. The molecule has 1 fully saturated rings. The number of aryl methyl sites for hydroxylation is 2. The summed E-state index contributed by atoms with van der Waals surface area (Å²) in [5.74, 6) is -0.240. The molecule has 0 spiro atoms. The molecular formula is C19H26BrN3O2. The van der Waals surface area contributed by atoms with Crippen LogP contribution >= 0.6 is 15.9 Å². The second kappa shape index (κ2) is 7.74. The van der Waals surface area contributed by atoms with E-state index in [1.165, 1.54) is 0 Å². The van der Waals surface area contributed by atoms with E-state index in [9.17, 15) is 10.1 Å². The Hall–Kier alpha value is -1.61. The van der Waals surface area contributed by atoms with Crippen LogP contribution in [0.1, 0.15) is 50.6 Å². The first kappa shape index (κ1) is 19.7. The number of carbonyl (C=O) groups excluding carboxylic acids is 1. The Morgan fingerprint density at radius 1 is 1.36 bits per heavy atom. The van der Waals surface area contributed by atoms with Crippen molar-refractivity contribution in [3.05, 3.63) is 21.4 Å². The monoisotopic (exact) mass is 407 g/mol. The summed E-state index contributed by atoms with van der Waals surface area (Å²) in [4.78, 5) is 19.1. The van der Waals surface area contributed by atoms with E-state index in [0.29, 0.717) is 0 Å². The van der Waals surface area contributed by atoms with E-state index >= 15 is 0 Å². The van der Waals surface area contributed by atoms with Crippen LogP contribution in [0.4, 0.5) is 5.69 Å². The van der Waals surface area contributed by atoms with Gasteiger partial charge in [-0.2, -0.15) is 5.26 Å². The van der Waals surface area contributed by atoms with Gasteiger partial charge in [-0.1, -0.05) is 0 Å². The molecule has 5 nitrogen and oxygen atoms in total. The standard InChI is InChI=1S/C19H26BrN3O2/c1-12(2)25-16(24)10-15-13(3)22-14(4)17(20)18(15)23-8-6-19(5,11-21)7-9-23/h12H,6-10H2,1-5H3. The van der Waals surface area contributed by atoms with Gasteiger partial charge in [0.25, 0.3) is 0 Å². The third-order valence-electron chi connectivity index (χ3n) is 4.72. The van der Waals surface area contributed by atoms with Crippen molar-refractivity contribution in [2.24, 2.45) is 5.41 Å². The Kier molecular flexibility index (Phi) is 6.10. The van der Waals surface area contributed by atoms with Crippen LogP contribution in [0, 0.1) is 30.6 Å². The maximum Gasteiger partial charge on any atom is 0.310 e. The van der Waals surface area contributed by atoms with Crippen LogP contribution < -0.4 is 4.90 Å². The minimum Gasteiger partial charge on any atom is -0.463 e. The van der Waals surface area contributed by atoms with E-state index in [-0.39, 0.29) is 23.9 Å². The van der Waals surface area contributed by atoms with E-state index in [4.69, 9.17) is 4.74 Å². The zero-order chi connectivity index (χ0) is 18.8. The summed E-state index contributed by atoms with van der Waals surface area (Å²) < 4.78 is 6.25. The number of piperidine rings is 1. The fourth-order valence-corrected chi connectivity index (χ4v) is 3.75. The number of halogens is 1. The number of hydrogen-bond acceptors (Lipinski definition) is 5. The van der Waals surface area contributed by atoms with Crippen LogP contribution in [0.25, 0.3) is 0 Å². The van der Waals surface area contributed by atoms with Gasteiger partial charge in [0, 0.05) is 24.3 Å². The molecule has 0 aromatic carbocycles.